The summed E-state index contributed by atoms with van der Waals surface area (Å²) in [6.07, 6.45) is 3.93. The third-order valence-electron chi connectivity index (χ3n) is 3.50. The van der Waals surface area contributed by atoms with E-state index in [-0.39, 0.29) is 18.3 Å². The van der Waals surface area contributed by atoms with E-state index in [0.717, 1.165) is 28.9 Å². The van der Waals surface area contributed by atoms with Crippen LogP contribution in [0.3, 0.4) is 0 Å². The van der Waals surface area contributed by atoms with E-state index >= 15 is 0 Å². The molecule has 1 saturated heterocycles. The number of thiazole rings is 1. The highest BCUT2D eigenvalue weighted by Gasteiger charge is 2.15. The lowest BCUT2D eigenvalue weighted by Crippen LogP contribution is -2.23. The standard InChI is InChI=1S/C14H17N3OS.ClH/c18-14(6-4-10-2-1-7-15-10)17-11-3-5-12-13(8-11)19-9-16-12;/h3,5,8-10,15H,1-2,4,6-7H2,(H,17,18);1H. The third-order valence-corrected chi connectivity index (χ3v) is 4.29. The van der Waals surface area contributed by atoms with E-state index < -0.39 is 0 Å². The molecule has 1 fully saturated rings. The van der Waals surface area contributed by atoms with E-state index in [4.69, 9.17) is 0 Å². The molecule has 0 radical (unpaired) electrons. The van der Waals surface area contributed by atoms with Gasteiger partial charge in [0, 0.05) is 18.2 Å². The van der Waals surface area contributed by atoms with Crippen LogP contribution >= 0.6 is 23.7 Å². The molecular formula is C14H18ClN3OS. The molecule has 1 aromatic heterocycles. The highest BCUT2D eigenvalue weighted by molar-refractivity contribution is 7.16. The first-order valence-corrected chi connectivity index (χ1v) is 7.56. The highest BCUT2D eigenvalue weighted by Crippen LogP contribution is 2.22. The van der Waals surface area contributed by atoms with E-state index in [1.165, 1.54) is 12.8 Å². The quantitative estimate of drug-likeness (QED) is 0.911. The van der Waals surface area contributed by atoms with Crippen molar-refractivity contribution in [2.24, 2.45) is 0 Å². The maximum absolute atomic E-state index is 11.9. The van der Waals surface area contributed by atoms with Gasteiger partial charge in [0.25, 0.3) is 0 Å². The number of fused-ring (bicyclic) bond motifs is 1. The molecular weight excluding hydrogens is 294 g/mol. The molecule has 1 amide bonds. The lowest BCUT2D eigenvalue weighted by molar-refractivity contribution is -0.116. The fourth-order valence-corrected chi connectivity index (χ4v) is 3.18. The van der Waals surface area contributed by atoms with Gasteiger partial charge < -0.3 is 10.6 Å². The topological polar surface area (TPSA) is 54.0 Å². The summed E-state index contributed by atoms with van der Waals surface area (Å²) in [6.45, 7) is 1.09. The van der Waals surface area contributed by atoms with Crippen LogP contribution in [0.5, 0.6) is 0 Å². The molecule has 2 heterocycles. The number of anilines is 1. The number of nitrogens with one attached hydrogen (secondary N) is 2. The van der Waals surface area contributed by atoms with Gasteiger partial charge in [-0.15, -0.1) is 23.7 Å². The molecule has 108 valence electrons. The Balaban J connectivity index is 0.00000147. The van der Waals surface area contributed by atoms with Crippen molar-refractivity contribution in [2.45, 2.75) is 31.7 Å². The normalized spacial score (nSPS) is 17.9. The predicted molar refractivity (Wildman–Crippen MR) is 85.8 cm³/mol. The Kier molecular flexibility index (Phi) is 5.34. The van der Waals surface area contributed by atoms with Crippen LogP contribution in [0, 0.1) is 0 Å². The molecule has 2 aromatic rings. The number of hydrogen-bond donors (Lipinski definition) is 2. The number of rotatable bonds is 4. The van der Waals surface area contributed by atoms with Gasteiger partial charge in [0.15, 0.2) is 0 Å². The Morgan fingerprint density at radius 1 is 1.50 bits per heavy atom. The molecule has 4 nitrogen and oxygen atoms in total. The maximum atomic E-state index is 11.9. The van der Waals surface area contributed by atoms with Crippen LogP contribution in [0.1, 0.15) is 25.7 Å². The van der Waals surface area contributed by atoms with Crippen molar-refractivity contribution in [3.8, 4) is 0 Å². The molecule has 1 atom stereocenters. The summed E-state index contributed by atoms with van der Waals surface area (Å²) in [6, 6.07) is 6.36. The smallest absolute Gasteiger partial charge is 0.224 e. The first-order valence-electron chi connectivity index (χ1n) is 6.68. The first kappa shape index (κ1) is 15.2. The second kappa shape index (κ2) is 7.02. The van der Waals surface area contributed by atoms with E-state index in [1.807, 2.05) is 23.7 Å². The summed E-state index contributed by atoms with van der Waals surface area (Å²) in [4.78, 5) is 16.1. The van der Waals surface area contributed by atoms with Gasteiger partial charge in [-0.25, -0.2) is 4.98 Å². The van der Waals surface area contributed by atoms with Crippen LogP contribution < -0.4 is 10.6 Å². The average molecular weight is 312 g/mol. The minimum Gasteiger partial charge on any atom is -0.326 e. The van der Waals surface area contributed by atoms with Gasteiger partial charge in [-0.1, -0.05) is 0 Å². The monoisotopic (exact) mass is 311 g/mol. The van der Waals surface area contributed by atoms with Crippen molar-refractivity contribution < 1.29 is 4.79 Å². The lowest BCUT2D eigenvalue weighted by Gasteiger charge is -2.10. The average Bonchev–Trinajstić information content (AvgIpc) is 3.07. The molecule has 20 heavy (non-hydrogen) atoms. The number of amides is 1. The predicted octanol–water partition coefficient (Wildman–Crippen LogP) is 3.19. The fourth-order valence-electron chi connectivity index (χ4n) is 2.46. The Labute approximate surface area is 128 Å². The van der Waals surface area contributed by atoms with Crippen LogP contribution in [0.15, 0.2) is 23.7 Å². The summed E-state index contributed by atoms with van der Waals surface area (Å²) in [5, 5.41) is 6.37. The molecule has 3 rings (SSSR count). The Morgan fingerprint density at radius 3 is 3.20 bits per heavy atom. The van der Waals surface area contributed by atoms with Crippen molar-refractivity contribution in [1.29, 1.82) is 0 Å². The van der Waals surface area contributed by atoms with Crippen molar-refractivity contribution in [1.82, 2.24) is 10.3 Å². The summed E-state index contributed by atoms with van der Waals surface area (Å²) in [5.41, 5.74) is 3.67. The number of carbonyl (C=O) groups is 1. The number of carbonyl (C=O) groups excluding carboxylic acids is 1. The fraction of sp³-hybridized carbons (Fsp3) is 0.429. The largest absolute Gasteiger partial charge is 0.326 e. The zero-order valence-corrected chi connectivity index (χ0v) is 12.7. The Morgan fingerprint density at radius 2 is 2.40 bits per heavy atom. The molecule has 6 heteroatoms. The lowest BCUT2D eigenvalue weighted by atomic mass is 10.1. The number of nitrogens with zero attached hydrogens (tertiary/aromatic N) is 1. The zero-order chi connectivity index (χ0) is 13.1. The molecule has 1 unspecified atom stereocenters. The number of aromatic nitrogens is 1. The third kappa shape index (κ3) is 3.69. The van der Waals surface area contributed by atoms with Gasteiger partial charge in [-0.2, -0.15) is 0 Å². The number of benzene rings is 1. The van der Waals surface area contributed by atoms with Crippen molar-refractivity contribution in [3.05, 3.63) is 23.7 Å². The van der Waals surface area contributed by atoms with Crippen LogP contribution in [0.2, 0.25) is 0 Å². The molecule has 0 aliphatic carbocycles. The number of halogens is 1. The highest BCUT2D eigenvalue weighted by atomic mass is 35.5. The first-order chi connectivity index (χ1) is 9.31. The number of hydrogen-bond acceptors (Lipinski definition) is 4. The minimum atomic E-state index is 0. The maximum Gasteiger partial charge on any atom is 0.224 e. The van der Waals surface area contributed by atoms with Gasteiger partial charge in [-0.3, -0.25) is 4.79 Å². The van der Waals surface area contributed by atoms with Gasteiger partial charge >= 0.3 is 0 Å². The van der Waals surface area contributed by atoms with E-state index in [9.17, 15) is 4.79 Å². The van der Waals surface area contributed by atoms with Crippen LogP contribution in [-0.2, 0) is 4.79 Å². The van der Waals surface area contributed by atoms with Gasteiger partial charge in [-0.05, 0) is 44.0 Å². The SMILES string of the molecule is Cl.O=C(CCC1CCCN1)Nc1ccc2ncsc2c1. The molecule has 2 N–H and O–H groups in total. The summed E-state index contributed by atoms with van der Waals surface area (Å²) < 4.78 is 1.11. The Bertz CT molecular complexity index is 581. The van der Waals surface area contributed by atoms with Crippen molar-refractivity contribution >= 4 is 45.6 Å². The van der Waals surface area contributed by atoms with Crippen LogP contribution in [0.25, 0.3) is 10.2 Å². The summed E-state index contributed by atoms with van der Waals surface area (Å²) in [5.74, 6) is 0.0950. The molecule has 1 aromatic carbocycles. The van der Waals surface area contributed by atoms with Crippen LogP contribution in [0.4, 0.5) is 5.69 Å². The van der Waals surface area contributed by atoms with Crippen molar-refractivity contribution in [2.75, 3.05) is 11.9 Å². The second-order valence-electron chi connectivity index (χ2n) is 4.91. The van der Waals surface area contributed by atoms with Gasteiger partial charge in [0.2, 0.25) is 5.91 Å². The second-order valence-corrected chi connectivity index (χ2v) is 5.80. The van der Waals surface area contributed by atoms with Crippen LogP contribution in [-0.4, -0.2) is 23.5 Å². The van der Waals surface area contributed by atoms with E-state index in [2.05, 4.69) is 15.6 Å². The molecule has 0 spiro atoms. The molecule has 0 bridgehead atoms. The molecule has 1 aliphatic heterocycles. The van der Waals surface area contributed by atoms with Gasteiger partial charge in [0.05, 0.1) is 15.7 Å². The van der Waals surface area contributed by atoms with Crippen molar-refractivity contribution in [3.63, 3.8) is 0 Å². The summed E-state index contributed by atoms with van der Waals surface area (Å²) in [7, 11) is 0. The van der Waals surface area contributed by atoms with Gasteiger partial charge in [0.1, 0.15) is 0 Å². The molecule has 1 aliphatic rings. The molecule has 0 saturated carbocycles. The summed E-state index contributed by atoms with van der Waals surface area (Å²) >= 11 is 1.59. The Hall–Kier alpha value is -1.17. The van der Waals surface area contributed by atoms with E-state index in [1.54, 1.807) is 11.3 Å². The van der Waals surface area contributed by atoms with E-state index in [0.29, 0.717) is 12.5 Å². The zero-order valence-electron chi connectivity index (χ0n) is 11.1. The minimum absolute atomic E-state index is 0.